The molecule has 0 aromatic heterocycles. The summed E-state index contributed by atoms with van der Waals surface area (Å²) in [6.07, 6.45) is 0. The van der Waals surface area contributed by atoms with Crippen LogP contribution in [0.15, 0.2) is 35.3 Å². The normalized spacial score (nSPS) is 10.5. The lowest BCUT2D eigenvalue weighted by atomic mass is 10.1. The monoisotopic (exact) mass is 531 g/mol. The number of ether oxygens (including phenoxy) is 5. The van der Waals surface area contributed by atoms with Gasteiger partial charge in [0.05, 0.1) is 35.0 Å². The van der Waals surface area contributed by atoms with Gasteiger partial charge in [-0.05, 0) is 25.1 Å². The molecule has 2 aromatic rings. The van der Waals surface area contributed by atoms with Crippen LogP contribution in [0.3, 0.4) is 0 Å². The Morgan fingerprint density at radius 1 is 0.833 bits per heavy atom. The van der Waals surface area contributed by atoms with Crippen molar-refractivity contribution in [3.8, 4) is 28.7 Å². The highest BCUT2D eigenvalue weighted by atomic mass is 127. The van der Waals surface area contributed by atoms with Gasteiger partial charge >= 0.3 is 0 Å². The third kappa shape index (κ3) is 6.48. The first kappa shape index (κ1) is 25.5. The highest BCUT2D eigenvalue weighted by Gasteiger charge is 2.13. The van der Waals surface area contributed by atoms with E-state index in [-0.39, 0.29) is 24.0 Å². The topological polar surface area (TPSA) is 82.6 Å². The number of guanidine groups is 1. The van der Waals surface area contributed by atoms with E-state index in [1.165, 1.54) is 0 Å². The summed E-state index contributed by atoms with van der Waals surface area (Å²) in [6.45, 7) is 2.94. The second kappa shape index (κ2) is 12.9. The molecule has 0 aliphatic carbocycles. The Balaban J connectivity index is 0.00000450. The second-order valence-electron chi connectivity index (χ2n) is 5.87. The predicted molar refractivity (Wildman–Crippen MR) is 129 cm³/mol. The van der Waals surface area contributed by atoms with Crippen molar-refractivity contribution < 1.29 is 23.7 Å². The maximum Gasteiger partial charge on any atom is 0.195 e. The number of halogens is 1. The van der Waals surface area contributed by atoms with Gasteiger partial charge in [0, 0.05) is 37.0 Å². The molecule has 0 radical (unpaired) electrons. The average molecular weight is 531 g/mol. The summed E-state index contributed by atoms with van der Waals surface area (Å²) in [7, 11) is 8.12. The van der Waals surface area contributed by atoms with Gasteiger partial charge in [0.15, 0.2) is 29.0 Å². The lowest BCUT2D eigenvalue weighted by molar-refractivity contribution is 0.311. The summed E-state index contributed by atoms with van der Waals surface area (Å²) in [6, 6.07) is 9.28. The average Bonchev–Trinajstić information content (AvgIpc) is 2.76. The molecule has 0 heterocycles. The number of rotatable bonds is 9. The minimum atomic E-state index is 0. The summed E-state index contributed by atoms with van der Waals surface area (Å²) in [5, 5.41) is 6.51. The van der Waals surface area contributed by atoms with Crippen molar-refractivity contribution in [2.75, 3.05) is 47.4 Å². The van der Waals surface area contributed by atoms with Crippen molar-refractivity contribution >= 4 is 35.6 Å². The Bertz CT molecular complexity index is 846. The Hall–Kier alpha value is -2.56. The molecule has 0 fully saturated rings. The van der Waals surface area contributed by atoms with Crippen LogP contribution in [0.5, 0.6) is 28.7 Å². The molecule has 2 rings (SSSR count). The number of aliphatic imine (C=N–C) groups is 1. The third-order valence-corrected chi connectivity index (χ3v) is 4.18. The first-order valence-corrected chi connectivity index (χ1v) is 9.17. The molecule has 0 aliphatic rings. The number of nitrogens with zero attached hydrogens (tertiary/aromatic N) is 1. The number of hydrogen-bond acceptors (Lipinski definition) is 6. The van der Waals surface area contributed by atoms with E-state index in [0.29, 0.717) is 47.9 Å². The smallest absolute Gasteiger partial charge is 0.195 e. The van der Waals surface area contributed by atoms with E-state index >= 15 is 0 Å². The van der Waals surface area contributed by atoms with Crippen LogP contribution < -0.4 is 34.3 Å². The maximum absolute atomic E-state index is 5.62. The van der Waals surface area contributed by atoms with Crippen molar-refractivity contribution in [3.63, 3.8) is 0 Å². The highest BCUT2D eigenvalue weighted by Crippen LogP contribution is 2.34. The molecule has 8 nitrogen and oxygen atoms in total. The summed E-state index contributed by atoms with van der Waals surface area (Å²) in [5.41, 5.74) is 1.72. The zero-order chi connectivity index (χ0) is 21.2. The van der Waals surface area contributed by atoms with Crippen LogP contribution in [0.2, 0.25) is 0 Å². The van der Waals surface area contributed by atoms with Gasteiger partial charge in [-0.25, -0.2) is 0 Å². The third-order valence-electron chi connectivity index (χ3n) is 4.18. The molecular weight excluding hydrogens is 501 g/mol. The lowest BCUT2D eigenvalue weighted by Gasteiger charge is -2.17. The Kier molecular flexibility index (Phi) is 10.9. The fraction of sp³-hybridized carbons (Fsp3) is 0.381. The maximum atomic E-state index is 5.62. The van der Waals surface area contributed by atoms with Crippen molar-refractivity contribution in [3.05, 3.63) is 35.9 Å². The van der Waals surface area contributed by atoms with E-state index < -0.39 is 0 Å². The standard InChI is InChI=1S/C21H29N3O5.HI/c1-7-29-20-11-15(8-9-16(20)25-3)24-21(22-2)23-13-14-10-18(27-5)19(28-6)12-17(14)26-4;/h8-12H,7,13H2,1-6H3,(H2,22,23,24);1H. The number of hydrogen-bond donors (Lipinski definition) is 2. The number of anilines is 1. The molecule has 2 aromatic carbocycles. The summed E-state index contributed by atoms with van der Waals surface area (Å²) in [5.74, 6) is 3.86. The van der Waals surface area contributed by atoms with E-state index in [0.717, 1.165) is 11.3 Å². The van der Waals surface area contributed by atoms with Crippen LogP contribution in [0.1, 0.15) is 12.5 Å². The molecule has 166 valence electrons. The van der Waals surface area contributed by atoms with Gasteiger partial charge in [0.1, 0.15) is 5.75 Å². The summed E-state index contributed by atoms with van der Waals surface area (Å²) >= 11 is 0. The zero-order valence-electron chi connectivity index (χ0n) is 18.2. The molecule has 0 aliphatic heterocycles. The first-order valence-electron chi connectivity index (χ1n) is 9.17. The Morgan fingerprint density at radius 3 is 2.03 bits per heavy atom. The van der Waals surface area contributed by atoms with E-state index in [2.05, 4.69) is 15.6 Å². The first-order chi connectivity index (χ1) is 14.1. The molecular formula is C21H30IN3O5. The van der Waals surface area contributed by atoms with Gasteiger partial charge in [-0.15, -0.1) is 24.0 Å². The Labute approximate surface area is 194 Å². The molecule has 0 bridgehead atoms. The van der Waals surface area contributed by atoms with Gasteiger partial charge in [0.25, 0.3) is 0 Å². The van der Waals surface area contributed by atoms with E-state index in [9.17, 15) is 0 Å². The largest absolute Gasteiger partial charge is 0.496 e. The van der Waals surface area contributed by atoms with Crippen LogP contribution in [0, 0.1) is 0 Å². The number of methoxy groups -OCH3 is 4. The molecule has 30 heavy (non-hydrogen) atoms. The number of nitrogens with one attached hydrogen (secondary N) is 2. The zero-order valence-corrected chi connectivity index (χ0v) is 20.5. The van der Waals surface area contributed by atoms with Crippen molar-refractivity contribution in [2.24, 2.45) is 4.99 Å². The van der Waals surface area contributed by atoms with E-state index in [1.807, 2.05) is 31.2 Å². The van der Waals surface area contributed by atoms with Gasteiger partial charge in [-0.2, -0.15) is 0 Å². The highest BCUT2D eigenvalue weighted by molar-refractivity contribution is 14.0. The van der Waals surface area contributed by atoms with Crippen LogP contribution in [0.25, 0.3) is 0 Å². The van der Waals surface area contributed by atoms with Crippen LogP contribution in [-0.2, 0) is 6.54 Å². The van der Waals surface area contributed by atoms with Crippen molar-refractivity contribution in [2.45, 2.75) is 13.5 Å². The molecule has 0 saturated heterocycles. The van der Waals surface area contributed by atoms with E-state index in [4.69, 9.17) is 23.7 Å². The van der Waals surface area contributed by atoms with Crippen LogP contribution in [0.4, 0.5) is 5.69 Å². The van der Waals surface area contributed by atoms with Crippen LogP contribution >= 0.6 is 24.0 Å². The van der Waals surface area contributed by atoms with Gasteiger partial charge in [-0.1, -0.05) is 0 Å². The Morgan fingerprint density at radius 2 is 1.47 bits per heavy atom. The molecule has 0 atom stereocenters. The lowest BCUT2D eigenvalue weighted by Crippen LogP contribution is -2.30. The van der Waals surface area contributed by atoms with Crippen molar-refractivity contribution in [1.82, 2.24) is 5.32 Å². The van der Waals surface area contributed by atoms with Gasteiger partial charge in [0.2, 0.25) is 0 Å². The minimum absolute atomic E-state index is 0. The van der Waals surface area contributed by atoms with E-state index in [1.54, 1.807) is 41.6 Å². The fourth-order valence-corrected chi connectivity index (χ4v) is 2.75. The van der Waals surface area contributed by atoms with Gasteiger partial charge < -0.3 is 34.3 Å². The minimum Gasteiger partial charge on any atom is -0.496 e. The predicted octanol–water partition coefficient (Wildman–Crippen LogP) is 3.93. The molecule has 0 amide bonds. The SMILES string of the molecule is CCOc1cc(NC(=NC)NCc2cc(OC)c(OC)cc2OC)ccc1OC.I. The van der Waals surface area contributed by atoms with Crippen LogP contribution in [-0.4, -0.2) is 48.1 Å². The molecule has 0 spiro atoms. The van der Waals surface area contributed by atoms with Gasteiger partial charge in [-0.3, -0.25) is 4.99 Å². The molecule has 9 heteroatoms. The fourth-order valence-electron chi connectivity index (χ4n) is 2.75. The molecule has 0 unspecified atom stereocenters. The quantitative estimate of drug-likeness (QED) is 0.288. The number of benzene rings is 2. The second-order valence-corrected chi connectivity index (χ2v) is 5.87. The molecule has 0 saturated carbocycles. The molecule has 2 N–H and O–H groups in total. The van der Waals surface area contributed by atoms with Crippen molar-refractivity contribution in [1.29, 1.82) is 0 Å². The summed E-state index contributed by atoms with van der Waals surface area (Å²) < 4.78 is 27.1. The summed E-state index contributed by atoms with van der Waals surface area (Å²) in [4.78, 5) is 4.27.